The molecule has 0 bridgehead atoms. The fourth-order valence-corrected chi connectivity index (χ4v) is 2.62. The molecule has 1 rings (SSSR count). The number of halogens is 1. The summed E-state index contributed by atoms with van der Waals surface area (Å²) in [5.41, 5.74) is 0.817. The van der Waals surface area contributed by atoms with Crippen molar-refractivity contribution in [3.05, 3.63) is 28.8 Å². The average molecular weight is 277 g/mol. The molecule has 1 aromatic rings. The molecule has 0 saturated heterocycles. The zero-order valence-electron chi connectivity index (χ0n) is 11.1. The Kier molecular flexibility index (Phi) is 6.80. The van der Waals surface area contributed by atoms with E-state index in [2.05, 4.69) is 13.8 Å². The normalized spacial score (nSPS) is 11.0. The van der Waals surface area contributed by atoms with Gasteiger partial charge >= 0.3 is 0 Å². The van der Waals surface area contributed by atoms with Crippen molar-refractivity contribution in [2.45, 2.75) is 44.9 Å². The molecule has 0 amide bonds. The van der Waals surface area contributed by atoms with Crippen LogP contribution in [0.2, 0.25) is 5.02 Å². The summed E-state index contributed by atoms with van der Waals surface area (Å²) >= 11 is 5.76. The van der Waals surface area contributed by atoms with Gasteiger partial charge in [-0.25, -0.2) is 8.42 Å². The second-order valence-electron chi connectivity index (χ2n) is 4.32. The van der Waals surface area contributed by atoms with Gasteiger partial charge < -0.3 is 0 Å². The van der Waals surface area contributed by atoms with Gasteiger partial charge in [-0.15, -0.1) is 0 Å². The zero-order chi connectivity index (χ0) is 13.6. The molecule has 0 atom stereocenters. The van der Waals surface area contributed by atoms with E-state index in [9.17, 15) is 8.42 Å². The summed E-state index contributed by atoms with van der Waals surface area (Å²) in [6.45, 7) is 8.16. The molecular weight excluding hydrogens is 256 g/mol. The molecule has 98 valence electrons. The molecule has 2 nitrogen and oxygen atoms in total. The SMILES string of the molecule is CC(C)c1ccc(Cl)cc1S(C)(=O)=O.CCC. The summed E-state index contributed by atoms with van der Waals surface area (Å²) in [5.74, 6) is 0.178. The minimum Gasteiger partial charge on any atom is -0.224 e. The third kappa shape index (κ3) is 5.55. The van der Waals surface area contributed by atoms with Crippen molar-refractivity contribution in [3.8, 4) is 0 Å². The van der Waals surface area contributed by atoms with Crippen LogP contribution >= 0.6 is 11.6 Å². The van der Waals surface area contributed by atoms with E-state index >= 15 is 0 Å². The third-order valence-electron chi connectivity index (χ3n) is 2.00. The van der Waals surface area contributed by atoms with E-state index in [4.69, 9.17) is 11.6 Å². The Morgan fingerprint density at radius 2 is 1.71 bits per heavy atom. The minimum absolute atomic E-state index is 0.178. The highest BCUT2D eigenvalue weighted by molar-refractivity contribution is 7.90. The van der Waals surface area contributed by atoms with Crippen molar-refractivity contribution in [3.63, 3.8) is 0 Å². The summed E-state index contributed by atoms with van der Waals surface area (Å²) in [5, 5.41) is 0.454. The molecule has 0 radical (unpaired) electrons. The largest absolute Gasteiger partial charge is 0.224 e. The standard InChI is InChI=1S/C10H13ClO2S.C3H8/c1-7(2)9-5-4-8(11)6-10(9)14(3,12)13;1-3-2/h4-7H,1-3H3;3H2,1-2H3. The fraction of sp³-hybridized carbons (Fsp3) is 0.538. The molecule has 0 spiro atoms. The first-order valence-corrected chi connectivity index (χ1v) is 8.00. The van der Waals surface area contributed by atoms with E-state index in [0.717, 1.165) is 5.56 Å². The summed E-state index contributed by atoms with van der Waals surface area (Å²) in [6, 6.07) is 4.99. The van der Waals surface area contributed by atoms with Crippen molar-refractivity contribution in [2.75, 3.05) is 6.26 Å². The van der Waals surface area contributed by atoms with Crippen molar-refractivity contribution in [1.29, 1.82) is 0 Å². The first kappa shape index (κ1) is 16.5. The van der Waals surface area contributed by atoms with Crippen molar-refractivity contribution < 1.29 is 8.42 Å². The van der Waals surface area contributed by atoms with Crippen LogP contribution in [0.4, 0.5) is 0 Å². The predicted molar refractivity (Wildman–Crippen MR) is 74.6 cm³/mol. The summed E-state index contributed by atoms with van der Waals surface area (Å²) in [7, 11) is -3.19. The molecule has 0 N–H and O–H groups in total. The minimum atomic E-state index is -3.19. The Hall–Kier alpha value is -0.540. The van der Waals surface area contributed by atoms with Crippen molar-refractivity contribution in [2.24, 2.45) is 0 Å². The van der Waals surface area contributed by atoms with E-state index in [1.54, 1.807) is 12.1 Å². The first-order chi connectivity index (χ1) is 7.73. The molecule has 0 unspecified atom stereocenters. The van der Waals surface area contributed by atoms with Gasteiger partial charge in [0.2, 0.25) is 0 Å². The van der Waals surface area contributed by atoms with Gasteiger partial charge in [0.1, 0.15) is 0 Å². The maximum absolute atomic E-state index is 11.5. The van der Waals surface area contributed by atoms with Gasteiger partial charge in [-0.1, -0.05) is 51.8 Å². The van der Waals surface area contributed by atoms with Gasteiger partial charge in [0.05, 0.1) is 4.90 Å². The Balaban J connectivity index is 0.000000770. The second kappa shape index (κ2) is 7.02. The predicted octanol–water partition coefficient (Wildman–Crippen LogP) is 4.28. The van der Waals surface area contributed by atoms with Gasteiger partial charge in [0.15, 0.2) is 9.84 Å². The molecular formula is C13H21ClO2S. The van der Waals surface area contributed by atoms with Crippen molar-refractivity contribution in [1.82, 2.24) is 0 Å². The lowest BCUT2D eigenvalue weighted by Crippen LogP contribution is -2.03. The molecule has 1 aromatic carbocycles. The monoisotopic (exact) mass is 276 g/mol. The zero-order valence-corrected chi connectivity index (χ0v) is 12.7. The van der Waals surface area contributed by atoms with Gasteiger partial charge in [0, 0.05) is 11.3 Å². The smallest absolute Gasteiger partial charge is 0.175 e. The van der Waals surface area contributed by atoms with Crippen LogP contribution in [0.5, 0.6) is 0 Å². The fourth-order valence-electron chi connectivity index (χ4n) is 1.31. The first-order valence-electron chi connectivity index (χ1n) is 5.73. The lowest BCUT2D eigenvalue weighted by molar-refractivity contribution is 0.599. The van der Waals surface area contributed by atoms with Crippen LogP contribution in [0, 0.1) is 0 Å². The van der Waals surface area contributed by atoms with E-state index in [-0.39, 0.29) is 5.92 Å². The molecule has 0 heterocycles. The van der Waals surface area contributed by atoms with Crippen LogP contribution in [0.1, 0.15) is 45.6 Å². The maximum Gasteiger partial charge on any atom is 0.175 e. The molecule has 0 fully saturated rings. The summed E-state index contributed by atoms with van der Waals surface area (Å²) in [4.78, 5) is 0.333. The molecule has 4 heteroatoms. The summed E-state index contributed by atoms with van der Waals surface area (Å²) < 4.78 is 22.9. The van der Waals surface area contributed by atoms with E-state index in [1.807, 2.05) is 13.8 Å². The van der Waals surface area contributed by atoms with E-state index < -0.39 is 9.84 Å². The van der Waals surface area contributed by atoms with E-state index in [0.29, 0.717) is 9.92 Å². The number of hydrogen-bond donors (Lipinski definition) is 0. The van der Waals surface area contributed by atoms with Crippen LogP contribution in [-0.4, -0.2) is 14.7 Å². The maximum atomic E-state index is 11.5. The number of sulfone groups is 1. The topological polar surface area (TPSA) is 34.1 Å². The van der Waals surface area contributed by atoms with Gasteiger partial charge in [0.25, 0.3) is 0 Å². The van der Waals surface area contributed by atoms with Gasteiger partial charge in [-0.2, -0.15) is 0 Å². The highest BCUT2D eigenvalue weighted by Crippen LogP contribution is 2.26. The Morgan fingerprint density at radius 1 is 1.24 bits per heavy atom. The molecule has 17 heavy (non-hydrogen) atoms. The molecule has 0 aliphatic heterocycles. The van der Waals surface area contributed by atoms with E-state index in [1.165, 1.54) is 18.7 Å². The molecule has 0 aliphatic carbocycles. The lowest BCUT2D eigenvalue weighted by Gasteiger charge is -2.11. The molecule has 0 aliphatic rings. The van der Waals surface area contributed by atoms with Gasteiger partial charge in [-0.05, 0) is 23.6 Å². The number of benzene rings is 1. The van der Waals surface area contributed by atoms with Crippen LogP contribution in [-0.2, 0) is 9.84 Å². The van der Waals surface area contributed by atoms with Crippen LogP contribution in [0.3, 0.4) is 0 Å². The van der Waals surface area contributed by atoms with Gasteiger partial charge in [-0.3, -0.25) is 0 Å². The summed E-state index contributed by atoms with van der Waals surface area (Å²) in [6.07, 6.45) is 2.45. The average Bonchev–Trinajstić information content (AvgIpc) is 2.16. The molecule has 0 saturated carbocycles. The molecule has 0 aromatic heterocycles. The Morgan fingerprint density at radius 3 is 2.06 bits per heavy atom. The third-order valence-corrected chi connectivity index (χ3v) is 3.38. The quantitative estimate of drug-likeness (QED) is 0.808. The Bertz CT molecular complexity index is 450. The van der Waals surface area contributed by atoms with Crippen LogP contribution in [0.15, 0.2) is 23.1 Å². The number of rotatable bonds is 2. The lowest BCUT2D eigenvalue weighted by atomic mass is 10.0. The Labute approximate surface area is 110 Å². The van der Waals surface area contributed by atoms with Crippen LogP contribution < -0.4 is 0 Å². The van der Waals surface area contributed by atoms with Crippen molar-refractivity contribution >= 4 is 21.4 Å². The number of hydrogen-bond acceptors (Lipinski definition) is 2. The highest BCUT2D eigenvalue weighted by Gasteiger charge is 2.15. The van der Waals surface area contributed by atoms with Crippen LogP contribution in [0.25, 0.3) is 0 Å². The second-order valence-corrected chi connectivity index (χ2v) is 6.74. The highest BCUT2D eigenvalue weighted by atomic mass is 35.5.